The molecular weight excluding hydrogens is 202 g/mol. The van der Waals surface area contributed by atoms with Gasteiger partial charge in [-0.15, -0.1) is 0 Å². The average Bonchev–Trinajstić information content (AvgIpc) is 2.24. The molecular formula is C12H21N3O. The summed E-state index contributed by atoms with van der Waals surface area (Å²) in [5, 5.41) is 2.75. The molecule has 0 atom stereocenters. The summed E-state index contributed by atoms with van der Waals surface area (Å²) in [5.41, 5.74) is 6.49. The molecule has 0 rings (SSSR count). The van der Waals surface area contributed by atoms with Crippen molar-refractivity contribution in [2.75, 3.05) is 6.54 Å². The quantitative estimate of drug-likeness (QED) is 0.408. The third-order valence-corrected chi connectivity index (χ3v) is 2.02. The van der Waals surface area contributed by atoms with E-state index in [1.54, 1.807) is 13.0 Å². The monoisotopic (exact) mass is 223 g/mol. The summed E-state index contributed by atoms with van der Waals surface area (Å²) < 4.78 is 0. The molecule has 4 nitrogen and oxygen atoms in total. The molecule has 0 aromatic carbocycles. The van der Waals surface area contributed by atoms with Crippen LogP contribution in [-0.2, 0) is 4.79 Å². The molecule has 0 heterocycles. The fourth-order valence-corrected chi connectivity index (χ4v) is 0.915. The summed E-state index contributed by atoms with van der Waals surface area (Å²) in [4.78, 5) is 15.1. The van der Waals surface area contributed by atoms with E-state index >= 15 is 0 Å². The molecule has 0 aliphatic carbocycles. The van der Waals surface area contributed by atoms with Crippen LogP contribution in [0.1, 0.15) is 27.2 Å². The zero-order chi connectivity index (χ0) is 12.6. The lowest BCUT2D eigenvalue weighted by Gasteiger charge is -2.06. The second-order valence-corrected chi connectivity index (χ2v) is 4.03. The number of carbonyl (C=O) groups excluding carboxylic acids is 1. The Kier molecular flexibility index (Phi) is 6.92. The maximum atomic E-state index is 11.4. The van der Waals surface area contributed by atoms with E-state index in [0.717, 1.165) is 12.1 Å². The highest BCUT2D eigenvalue weighted by Gasteiger charge is 2.03. The lowest BCUT2D eigenvalue weighted by molar-refractivity contribution is -0.117. The third kappa shape index (κ3) is 6.81. The molecule has 0 aromatic rings. The predicted molar refractivity (Wildman–Crippen MR) is 68.0 cm³/mol. The maximum Gasteiger partial charge on any atom is 0.267 e. The summed E-state index contributed by atoms with van der Waals surface area (Å²) in [6.07, 6.45) is 4.14. The molecule has 0 spiro atoms. The van der Waals surface area contributed by atoms with Crippen LogP contribution in [0.3, 0.4) is 0 Å². The standard InChI is InChI=1S/C12H21N3O/c1-9(2)7-8-15-12(16)11(13)6-5-10(3)14-4/h5-6,9H,4,7-8,13H2,1-3H3,(H,15,16)/b10-5-,11-6-. The van der Waals surface area contributed by atoms with Gasteiger partial charge in [-0.05, 0) is 38.1 Å². The largest absolute Gasteiger partial charge is 0.394 e. The van der Waals surface area contributed by atoms with Gasteiger partial charge in [-0.2, -0.15) is 0 Å². The van der Waals surface area contributed by atoms with Crippen molar-refractivity contribution in [1.29, 1.82) is 0 Å². The van der Waals surface area contributed by atoms with Crippen molar-refractivity contribution in [2.45, 2.75) is 27.2 Å². The lowest BCUT2D eigenvalue weighted by Crippen LogP contribution is -2.29. The van der Waals surface area contributed by atoms with Gasteiger partial charge >= 0.3 is 0 Å². The van der Waals surface area contributed by atoms with Gasteiger partial charge in [0.25, 0.3) is 5.91 Å². The van der Waals surface area contributed by atoms with E-state index < -0.39 is 0 Å². The lowest BCUT2D eigenvalue weighted by atomic mass is 10.1. The Morgan fingerprint density at radius 3 is 2.62 bits per heavy atom. The molecule has 0 bridgehead atoms. The maximum absolute atomic E-state index is 11.4. The van der Waals surface area contributed by atoms with Crippen molar-refractivity contribution < 1.29 is 4.79 Å². The van der Waals surface area contributed by atoms with E-state index in [4.69, 9.17) is 5.73 Å². The summed E-state index contributed by atoms with van der Waals surface area (Å²) in [7, 11) is 0. The van der Waals surface area contributed by atoms with E-state index in [2.05, 4.69) is 30.9 Å². The Morgan fingerprint density at radius 1 is 1.50 bits per heavy atom. The molecule has 0 saturated heterocycles. The number of amides is 1. The minimum atomic E-state index is -0.242. The van der Waals surface area contributed by atoms with Crippen LogP contribution in [-0.4, -0.2) is 19.2 Å². The van der Waals surface area contributed by atoms with Crippen LogP contribution in [0.25, 0.3) is 0 Å². The summed E-state index contributed by atoms with van der Waals surface area (Å²) >= 11 is 0. The second-order valence-electron chi connectivity index (χ2n) is 4.03. The first kappa shape index (κ1) is 14.4. The number of rotatable bonds is 6. The van der Waals surface area contributed by atoms with Crippen LogP contribution in [0.2, 0.25) is 0 Å². The van der Waals surface area contributed by atoms with E-state index in [1.807, 2.05) is 0 Å². The zero-order valence-corrected chi connectivity index (χ0v) is 10.3. The number of nitrogens with two attached hydrogens (primary N) is 1. The van der Waals surface area contributed by atoms with E-state index in [0.29, 0.717) is 12.5 Å². The van der Waals surface area contributed by atoms with E-state index in [9.17, 15) is 4.79 Å². The number of nitrogens with one attached hydrogen (secondary N) is 1. The Labute approximate surface area is 97.3 Å². The first-order valence-electron chi connectivity index (χ1n) is 5.36. The Bertz CT molecular complexity index is 303. The van der Waals surface area contributed by atoms with Gasteiger partial charge in [-0.3, -0.25) is 9.79 Å². The molecule has 0 aliphatic rings. The minimum absolute atomic E-state index is 0.187. The van der Waals surface area contributed by atoms with E-state index in [-0.39, 0.29) is 11.6 Å². The predicted octanol–water partition coefficient (Wildman–Crippen LogP) is 1.60. The van der Waals surface area contributed by atoms with Gasteiger partial charge in [0.15, 0.2) is 0 Å². The van der Waals surface area contributed by atoms with Gasteiger partial charge in [-0.25, -0.2) is 0 Å². The molecule has 90 valence electrons. The van der Waals surface area contributed by atoms with Crippen molar-refractivity contribution >= 4 is 12.6 Å². The van der Waals surface area contributed by atoms with Gasteiger partial charge in [0.05, 0.1) is 5.70 Å². The molecule has 0 aliphatic heterocycles. The van der Waals surface area contributed by atoms with Gasteiger partial charge in [-0.1, -0.05) is 13.8 Å². The summed E-state index contributed by atoms with van der Waals surface area (Å²) in [5.74, 6) is 0.325. The Hall–Kier alpha value is -1.58. The van der Waals surface area contributed by atoms with Crippen LogP contribution in [0.5, 0.6) is 0 Å². The number of allylic oxidation sites excluding steroid dienone is 3. The molecule has 3 N–H and O–H groups in total. The van der Waals surface area contributed by atoms with Crippen LogP contribution in [0, 0.1) is 5.92 Å². The first-order valence-corrected chi connectivity index (χ1v) is 5.36. The fourth-order valence-electron chi connectivity index (χ4n) is 0.915. The molecule has 16 heavy (non-hydrogen) atoms. The van der Waals surface area contributed by atoms with Crippen molar-refractivity contribution in [3.05, 3.63) is 23.5 Å². The topological polar surface area (TPSA) is 67.5 Å². The number of aliphatic imine (C=N–C) groups is 1. The molecule has 1 amide bonds. The third-order valence-electron chi connectivity index (χ3n) is 2.02. The summed E-state index contributed by atoms with van der Waals surface area (Å²) in [6.45, 7) is 10.0. The minimum Gasteiger partial charge on any atom is -0.394 e. The normalized spacial score (nSPS) is 12.8. The van der Waals surface area contributed by atoms with Crippen LogP contribution in [0.15, 0.2) is 28.5 Å². The van der Waals surface area contributed by atoms with Gasteiger partial charge in [0.1, 0.15) is 0 Å². The smallest absolute Gasteiger partial charge is 0.267 e. The van der Waals surface area contributed by atoms with Crippen LogP contribution < -0.4 is 11.1 Å². The summed E-state index contributed by atoms with van der Waals surface area (Å²) in [6, 6.07) is 0. The molecule has 0 fully saturated rings. The molecule has 0 radical (unpaired) electrons. The number of hydrogen-bond donors (Lipinski definition) is 2. The van der Waals surface area contributed by atoms with Crippen molar-refractivity contribution in [2.24, 2.45) is 16.6 Å². The SMILES string of the molecule is C=N/C(C)=C\C=C(/N)C(=O)NCCC(C)C. The Balaban J connectivity index is 4.13. The van der Waals surface area contributed by atoms with Gasteiger partial charge < -0.3 is 11.1 Å². The molecule has 0 saturated carbocycles. The zero-order valence-electron chi connectivity index (χ0n) is 10.3. The van der Waals surface area contributed by atoms with Crippen molar-refractivity contribution in [1.82, 2.24) is 5.32 Å². The van der Waals surface area contributed by atoms with Crippen molar-refractivity contribution in [3.8, 4) is 0 Å². The fraction of sp³-hybridized carbons (Fsp3) is 0.500. The number of hydrogen-bond acceptors (Lipinski definition) is 3. The molecule has 0 unspecified atom stereocenters. The number of carbonyl (C=O) groups is 1. The average molecular weight is 223 g/mol. The van der Waals surface area contributed by atoms with Crippen LogP contribution >= 0.6 is 0 Å². The van der Waals surface area contributed by atoms with E-state index in [1.165, 1.54) is 6.08 Å². The van der Waals surface area contributed by atoms with Gasteiger partial charge in [0, 0.05) is 12.2 Å². The Morgan fingerprint density at radius 2 is 2.12 bits per heavy atom. The molecule has 0 aromatic heterocycles. The highest BCUT2D eigenvalue weighted by Crippen LogP contribution is 1.98. The number of nitrogens with zero attached hydrogens (tertiary/aromatic N) is 1. The highest BCUT2D eigenvalue weighted by molar-refractivity contribution is 5.92. The van der Waals surface area contributed by atoms with Crippen LogP contribution in [0.4, 0.5) is 0 Å². The van der Waals surface area contributed by atoms with Gasteiger partial charge in [0.2, 0.25) is 0 Å². The second kappa shape index (κ2) is 7.68. The molecule has 4 heteroatoms. The van der Waals surface area contributed by atoms with Crippen molar-refractivity contribution in [3.63, 3.8) is 0 Å². The highest BCUT2D eigenvalue weighted by atomic mass is 16.1. The first-order chi connectivity index (χ1) is 7.47.